The van der Waals surface area contributed by atoms with Crippen molar-refractivity contribution in [3.63, 3.8) is 0 Å². The van der Waals surface area contributed by atoms with Crippen molar-refractivity contribution >= 4 is 11.8 Å². The molecule has 0 heterocycles. The Morgan fingerprint density at radius 3 is 2.33 bits per heavy atom. The highest BCUT2D eigenvalue weighted by atomic mass is 16.5. The molecule has 0 saturated carbocycles. The van der Waals surface area contributed by atoms with Gasteiger partial charge in [0.1, 0.15) is 11.5 Å². The summed E-state index contributed by atoms with van der Waals surface area (Å²) in [7, 11) is 3.03. The molecule has 0 radical (unpaired) electrons. The van der Waals surface area contributed by atoms with Gasteiger partial charge in [-0.05, 0) is 18.2 Å². The van der Waals surface area contributed by atoms with Crippen molar-refractivity contribution in [1.82, 2.24) is 10.6 Å². The molecule has 2 amide bonds. The van der Waals surface area contributed by atoms with E-state index < -0.39 is 0 Å². The van der Waals surface area contributed by atoms with Crippen LogP contribution in [0.2, 0.25) is 0 Å². The lowest BCUT2D eigenvalue weighted by molar-refractivity contribution is -0.123. The summed E-state index contributed by atoms with van der Waals surface area (Å²) in [5, 5.41) is 5.46. The molecule has 21 heavy (non-hydrogen) atoms. The normalized spacial score (nSPS) is 10.1. The molecule has 0 aromatic heterocycles. The predicted molar refractivity (Wildman–Crippen MR) is 79.7 cm³/mol. The lowest BCUT2D eigenvalue weighted by Gasteiger charge is -2.12. The number of benzene rings is 1. The van der Waals surface area contributed by atoms with Crippen LogP contribution in [0.3, 0.4) is 0 Å². The lowest BCUT2D eigenvalue weighted by Crippen LogP contribution is -2.36. The van der Waals surface area contributed by atoms with Gasteiger partial charge < -0.3 is 20.1 Å². The molecule has 0 bridgehead atoms. The van der Waals surface area contributed by atoms with Crippen molar-refractivity contribution < 1.29 is 19.1 Å². The zero-order valence-corrected chi connectivity index (χ0v) is 12.9. The molecule has 0 aliphatic carbocycles. The molecule has 0 fully saturated rings. The number of carbonyl (C=O) groups excluding carboxylic acids is 2. The second-order valence-corrected chi connectivity index (χ2v) is 4.77. The van der Waals surface area contributed by atoms with Crippen LogP contribution in [0, 0.1) is 5.92 Å². The molecule has 0 aliphatic rings. The molecule has 116 valence electrons. The van der Waals surface area contributed by atoms with E-state index in [0.29, 0.717) is 30.2 Å². The summed E-state index contributed by atoms with van der Waals surface area (Å²) in [5.41, 5.74) is 0.395. The quantitative estimate of drug-likeness (QED) is 0.741. The van der Waals surface area contributed by atoms with Crippen molar-refractivity contribution in [2.45, 2.75) is 13.8 Å². The minimum Gasteiger partial charge on any atom is -0.497 e. The van der Waals surface area contributed by atoms with Crippen LogP contribution < -0.4 is 20.1 Å². The lowest BCUT2D eigenvalue weighted by atomic mass is 10.1. The van der Waals surface area contributed by atoms with Gasteiger partial charge in [-0.2, -0.15) is 0 Å². The number of rotatable bonds is 7. The molecule has 0 unspecified atom stereocenters. The Hall–Kier alpha value is -2.24. The number of amides is 2. The average molecular weight is 294 g/mol. The molecular weight excluding hydrogens is 272 g/mol. The molecule has 1 aromatic carbocycles. The number of hydrogen-bond acceptors (Lipinski definition) is 4. The van der Waals surface area contributed by atoms with Gasteiger partial charge in [-0.3, -0.25) is 9.59 Å². The second-order valence-electron chi connectivity index (χ2n) is 4.77. The van der Waals surface area contributed by atoms with Gasteiger partial charge in [-0.1, -0.05) is 13.8 Å². The fraction of sp³-hybridized carbons (Fsp3) is 0.467. The highest BCUT2D eigenvalue weighted by Gasteiger charge is 2.13. The molecule has 0 aliphatic heterocycles. The number of ether oxygens (including phenoxy) is 2. The van der Waals surface area contributed by atoms with Gasteiger partial charge in [0, 0.05) is 19.0 Å². The zero-order chi connectivity index (χ0) is 15.8. The summed E-state index contributed by atoms with van der Waals surface area (Å²) in [6, 6.07) is 5.01. The molecule has 1 aromatic rings. The summed E-state index contributed by atoms with van der Waals surface area (Å²) in [6.45, 7) is 4.36. The van der Waals surface area contributed by atoms with E-state index in [1.165, 1.54) is 14.2 Å². The highest BCUT2D eigenvalue weighted by Crippen LogP contribution is 2.23. The highest BCUT2D eigenvalue weighted by molar-refractivity contribution is 5.97. The van der Waals surface area contributed by atoms with E-state index >= 15 is 0 Å². The minimum absolute atomic E-state index is 0.0387. The Morgan fingerprint density at radius 1 is 1.10 bits per heavy atom. The maximum absolute atomic E-state index is 12.1. The Labute approximate surface area is 124 Å². The SMILES string of the molecule is COc1ccc(OC)c(C(=O)NCCNC(=O)C(C)C)c1. The van der Waals surface area contributed by atoms with Gasteiger partial charge in [0.2, 0.25) is 5.91 Å². The Bertz CT molecular complexity index is 500. The Morgan fingerprint density at radius 2 is 1.76 bits per heavy atom. The van der Waals surface area contributed by atoms with Crippen LogP contribution in [0.1, 0.15) is 24.2 Å². The van der Waals surface area contributed by atoms with E-state index in [9.17, 15) is 9.59 Å². The summed E-state index contributed by atoms with van der Waals surface area (Å²) in [4.78, 5) is 23.5. The van der Waals surface area contributed by atoms with Gasteiger partial charge in [0.15, 0.2) is 0 Å². The van der Waals surface area contributed by atoms with Crippen molar-refractivity contribution in [2.24, 2.45) is 5.92 Å². The first-order valence-electron chi connectivity index (χ1n) is 6.77. The van der Waals surface area contributed by atoms with Gasteiger partial charge in [-0.25, -0.2) is 0 Å². The van der Waals surface area contributed by atoms with E-state index in [1.807, 2.05) is 13.8 Å². The Balaban J connectivity index is 2.57. The van der Waals surface area contributed by atoms with Gasteiger partial charge in [0.05, 0.1) is 19.8 Å². The molecule has 2 N–H and O–H groups in total. The van der Waals surface area contributed by atoms with Crippen LogP contribution >= 0.6 is 0 Å². The maximum Gasteiger partial charge on any atom is 0.255 e. The van der Waals surface area contributed by atoms with Crippen LogP contribution in [0.4, 0.5) is 0 Å². The fourth-order valence-electron chi connectivity index (χ4n) is 1.65. The average Bonchev–Trinajstić information content (AvgIpc) is 2.50. The second kappa shape index (κ2) is 8.14. The van der Waals surface area contributed by atoms with Crippen LogP contribution in [0.25, 0.3) is 0 Å². The maximum atomic E-state index is 12.1. The van der Waals surface area contributed by atoms with E-state index in [-0.39, 0.29) is 17.7 Å². The molecule has 0 spiro atoms. The number of hydrogen-bond donors (Lipinski definition) is 2. The van der Waals surface area contributed by atoms with Crippen molar-refractivity contribution in [1.29, 1.82) is 0 Å². The first kappa shape index (κ1) is 16.8. The monoisotopic (exact) mass is 294 g/mol. The van der Waals surface area contributed by atoms with Gasteiger partial charge in [0.25, 0.3) is 5.91 Å². The summed E-state index contributed by atoms with van der Waals surface area (Å²) in [6.07, 6.45) is 0. The van der Waals surface area contributed by atoms with Crippen molar-refractivity contribution in [2.75, 3.05) is 27.3 Å². The molecule has 0 atom stereocenters. The standard InChI is InChI=1S/C15H22N2O4/c1-10(2)14(18)16-7-8-17-15(19)12-9-11(20-3)5-6-13(12)21-4/h5-6,9-10H,7-8H2,1-4H3,(H,16,18)(H,17,19). The summed E-state index contributed by atoms with van der Waals surface area (Å²) < 4.78 is 10.3. The van der Waals surface area contributed by atoms with E-state index in [2.05, 4.69) is 10.6 Å². The number of methoxy groups -OCH3 is 2. The van der Waals surface area contributed by atoms with Crippen molar-refractivity contribution in [3.8, 4) is 11.5 Å². The summed E-state index contributed by atoms with van der Waals surface area (Å²) >= 11 is 0. The topological polar surface area (TPSA) is 76.7 Å². The summed E-state index contributed by atoms with van der Waals surface area (Å²) in [5.74, 6) is 0.667. The van der Waals surface area contributed by atoms with Crippen LogP contribution in [-0.2, 0) is 4.79 Å². The zero-order valence-electron chi connectivity index (χ0n) is 12.9. The number of nitrogens with one attached hydrogen (secondary N) is 2. The van der Waals surface area contributed by atoms with Crippen LogP contribution in [0.15, 0.2) is 18.2 Å². The first-order valence-corrected chi connectivity index (χ1v) is 6.77. The molecule has 6 heteroatoms. The third-order valence-corrected chi connectivity index (χ3v) is 2.89. The van der Waals surface area contributed by atoms with Crippen LogP contribution in [-0.4, -0.2) is 39.1 Å². The van der Waals surface area contributed by atoms with E-state index in [4.69, 9.17) is 9.47 Å². The minimum atomic E-state index is -0.274. The predicted octanol–water partition coefficient (Wildman–Crippen LogP) is 1.21. The fourth-order valence-corrected chi connectivity index (χ4v) is 1.65. The molecule has 6 nitrogen and oxygen atoms in total. The van der Waals surface area contributed by atoms with E-state index in [1.54, 1.807) is 18.2 Å². The molecule has 0 saturated heterocycles. The van der Waals surface area contributed by atoms with Crippen molar-refractivity contribution in [3.05, 3.63) is 23.8 Å². The van der Waals surface area contributed by atoms with Gasteiger partial charge in [-0.15, -0.1) is 0 Å². The van der Waals surface area contributed by atoms with Crippen LogP contribution in [0.5, 0.6) is 11.5 Å². The Kier molecular flexibility index (Phi) is 6.52. The largest absolute Gasteiger partial charge is 0.497 e. The third-order valence-electron chi connectivity index (χ3n) is 2.89. The third kappa shape index (κ3) is 4.98. The molecule has 1 rings (SSSR count). The number of carbonyl (C=O) groups is 2. The smallest absolute Gasteiger partial charge is 0.255 e. The van der Waals surface area contributed by atoms with Gasteiger partial charge >= 0.3 is 0 Å². The molecular formula is C15H22N2O4. The van der Waals surface area contributed by atoms with E-state index in [0.717, 1.165) is 0 Å². The first-order chi connectivity index (χ1) is 9.99.